The second-order valence-corrected chi connectivity index (χ2v) is 10.3. The first kappa shape index (κ1) is 21.8. The lowest BCUT2D eigenvalue weighted by molar-refractivity contribution is -0.110. The molecule has 6 nitrogen and oxygen atoms in total. The highest BCUT2D eigenvalue weighted by molar-refractivity contribution is 7.12. The van der Waals surface area contributed by atoms with Gasteiger partial charge in [0.15, 0.2) is 0 Å². The molecule has 1 N–H and O–H groups in total. The number of alkyl halides is 2. The Balaban J connectivity index is 1.47. The number of aromatic nitrogens is 3. The number of rotatable bonds is 6. The van der Waals surface area contributed by atoms with Crippen molar-refractivity contribution in [3.63, 3.8) is 0 Å². The number of hydrogen-bond acceptors (Lipinski definition) is 6. The first-order valence-corrected chi connectivity index (χ1v) is 11.3. The molecule has 0 amide bonds. The van der Waals surface area contributed by atoms with Crippen molar-refractivity contribution in [3.05, 3.63) is 33.3 Å². The summed E-state index contributed by atoms with van der Waals surface area (Å²) in [6.07, 6.45) is 1.90. The minimum Gasteiger partial charge on any atom is -0.394 e. The summed E-state index contributed by atoms with van der Waals surface area (Å²) in [7, 11) is 0. The Labute approximate surface area is 179 Å². The molecule has 2 aromatic heterocycles. The Bertz CT molecular complexity index is 884. The minimum absolute atomic E-state index is 0.00747. The van der Waals surface area contributed by atoms with E-state index in [9.17, 15) is 13.9 Å². The molecule has 1 saturated heterocycles. The predicted octanol–water partition coefficient (Wildman–Crippen LogP) is 3.33. The molecule has 9 heteroatoms. The van der Waals surface area contributed by atoms with Gasteiger partial charge < -0.3 is 9.84 Å². The van der Waals surface area contributed by atoms with Crippen molar-refractivity contribution in [1.29, 1.82) is 0 Å². The fourth-order valence-electron chi connectivity index (χ4n) is 4.50. The second-order valence-electron chi connectivity index (χ2n) is 9.15. The van der Waals surface area contributed by atoms with Crippen LogP contribution in [-0.4, -0.2) is 57.2 Å². The summed E-state index contributed by atoms with van der Waals surface area (Å²) in [5.74, 6) is 0. The van der Waals surface area contributed by atoms with Gasteiger partial charge in [0.2, 0.25) is 6.43 Å². The summed E-state index contributed by atoms with van der Waals surface area (Å²) in [4.78, 5) is 4.29. The van der Waals surface area contributed by atoms with Crippen LogP contribution in [-0.2, 0) is 35.3 Å². The number of aliphatic hydroxyl groups is 1. The summed E-state index contributed by atoms with van der Waals surface area (Å²) in [5.41, 5.74) is 1.23. The van der Waals surface area contributed by atoms with Crippen LogP contribution in [0.3, 0.4) is 0 Å². The van der Waals surface area contributed by atoms with Gasteiger partial charge in [-0.15, -0.1) is 16.4 Å². The van der Waals surface area contributed by atoms with Gasteiger partial charge in [-0.2, -0.15) is 0 Å². The van der Waals surface area contributed by atoms with Gasteiger partial charge in [-0.1, -0.05) is 5.21 Å². The molecule has 1 fully saturated rings. The predicted molar refractivity (Wildman–Crippen MR) is 111 cm³/mol. The first-order chi connectivity index (χ1) is 14.2. The molecule has 0 aromatic carbocycles. The molecule has 166 valence electrons. The summed E-state index contributed by atoms with van der Waals surface area (Å²) in [5, 5.41) is 18.0. The zero-order valence-electron chi connectivity index (χ0n) is 17.8. The molecule has 1 spiro atoms. The third-order valence-electron chi connectivity index (χ3n) is 6.34. The van der Waals surface area contributed by atoms with Crippen LogP contribution < -0.4 is 0 Å². The zero-order chi connectivity index (χ0) is 21.5. The van der Waals surface area contributed by atoms with Crippen LogP contribution in [0.5, 0.6) is 0 Å². The van der Waals surface area contributed by atoms with E-state index in [1.54, 1.807) is 4.68 Å². The molecular weight excluding hydrogens is 410 g/mol. The van der Waals surface area contributed by atoms with E-state index in [1.165, 1.54) is 16.9 Å². The average Bonchev–Trinajstić information content (AvgIpc) is 3.32. The van der Waals surface area contributed by atoms with Crippen molar-refractivity contribution >= 4 is 11.3 Å². The van der Waals surface area contributed by atoms with Crippen LogP contribution in [0.2, 0.25) is 0 Å². The number of aliphatic hydroxyl groups excluding tert-OH is 1. The largest absolute Gasteiger partial charge is 0.394 e. The molecule has 0 unspecified atom stereocenters. The normalized spacial score (nSPS) is 25.2. The zero-order valence-corrected chi connectivity index (χ0v) is 18.6. The number of ether oxygens (including phenoxy) is 1. The van der Waals surface area contributed by atoms with Gasteiger partial charge in [0.25, 0.3) is 0 Å². The molecule has 0 aliphatic carbocycles. The quantitative estimate of drug-likeness (QED) is 0.747. The smallest absolute Gasteiger partial charge is 0.243 e. The number of piperidine rings is 1. The van der Waals surface area contributed by atoms with Crippen molar-refractivity contribution in [2.45, 2.75) is 76.6 Å². The van der Waals surface area contributed by atoms with E-state index in [-0.39, 0.29) is 24.7 Å². The molecule has 0 saturated carbocycles. The van der Waals surface area contributed by atoms with E-state index in [1.807, 2.05) is 26.1 Å². The highest BCUT2D eigenvalue weighted by Crippen LogP contribution is 2.47. The van der Waals surface area contributed by atoms with E-state index in [2.05, 4.69) is 22.1 Å². The van der Waals surface area contributed by atoms with Crippen LogP contribution in [0.1, 0.15) is 54.6 Å². The molecule has 2 aromatic rings. The van der Waals surface area contributed by atoms with Crippen molar-refractivity contribution in [3.8, 4) is 0 Å². The highest BCUT2D eigenvalue weighted by Gasteiger charge is 2.45. The number of nitrogens with zero attached hydrogens (tertiary/aromatic N) is 4. The van der Waals surface area contributed by atoms with Crippen LogP contribution in [0.4, 0.5) is 8.78 Å². The Kier molecular flexibility index (Phi) is 6.00. The van der Waals surface area contributed by atoms with Crippen molar-refractivity contribution < 1.29 is 18.6 Å². The topological polar surface area (TPSA) is 63.4 Å². The fraction of sp³-hybridized carbons (Fsp3) is 0.714. The van der Waals surface area contributed by atoms with E-state index in [0.29, 0.717) is 13.2 Å². The molecule has 0 radical (unpaired) electrons. The van der Waals surface area contributed by atoms with Crippen molar-refractivity contribution in [2.24, 2.45) is 0 Å². The van der Waals surface area contributed by atoms with Crippen LogP contribution >= 0.6 is 11.3 Å². The maximum Gasteiger partial charge on any atom is 0.243 e. The molecule has 30 heavy (non-hydrogen) atoms. The van der Waals surface area contributed by atoms with Gasteiger partial charge in [0, 0.05) is 35.3 Å². The highest BCUT2D eigenvalue weighted by atomic mass is 32.1. The Morgan fingerprint density at radius 3 is 2.93 bits per heavy atom. The summed E-state index contributed by atoms with van der Waals surface area (Å²) in [6.45, 7) is 8.20. The number of hydrogen-bond donors (Lipinski definition) is 1. The molecule has 0 bridgehead atoms. The molecular formula is C21H30F2N4O2S. The second kappa shape index (κ2) is 8.26. The maximum absolute atomic E-state index is 12.9. The molecule has 2 aliphatic rings. The standard InChI is InChI=1S/C21H30F2N4O2S/c1-14-10-21(19-15(4-7-29-21)8-17(30-19)9-18(22)23)5-6-26(14)11-16-12-27(25-24-16)20(2,3)13-28/h8,12,14,18,28H,4-7,9-11,13H2,1-3H3/t14-,21+/m0/s1. The molecule has 2 aliphatic heterocycles. The Morgan fingerprint density at radius 2 is 2.23 bits per heavy atom. The minimum atomic E-state index is -2.31. The third kappa shape index (κ3) is 4.17. The van der Waals surface area contributed by atoms with E-state index in [0.717, 1.165) is 41.3 Å². The van der Waals surface area contributed by atoms with Gasteiger partial charge in [-0.05, 0) is 51.7 Å². The number of halogens is 2. The molecule has 4 heterocycles. The SMILES string of the molecule is C[C@H]1C[C@@]2(CCN1Cc1cn(C(C)(C)CO)nn1)OCCc1cc(CC(F)F)sc12. The van der Waals surface area contributed by atoms with Gasteiger partial charge in [-0.25, -0.2) is 13.5 Å². The van der Waals surface area contributed by atoms with Gasteiger partial charge in [-0.3, -0.25) is 4.90 Å². The van der Waals surface area contributed by atoms with Crippen LogP contribution in [0, 0.1) is 0 Å². The average molecular weight is 441 g/mol. The summed E-state index contributed by atoms with van der Waals surface area (Å²) >= 11 is 1.51. The van der Waals surface area contributed by atoms with E-state index in [4.69, 9.17) is 4.74 Å². The summed E-state index contributed by atoms with van der Waals surface area (Å²) < 4.78 is 33.8. The molecule has 2 atom stereocenters. The van der Waals surface area contributed by atoms with Crippen LogP contribution in [0.15, 0.2) is 12.3 Å². The van der Waals surface area contributed by atoms with Gasteiger partial charge in [0.05, 0.1) is 30.6 Å². The van der Waals surface area contributed by atoms with Gasteiger partial charge in [0.1, 0.15) is 5.60 Å². The number of thiophene rings is 1. The Hall–Kier alpha value is -1.42. The fourth-order valence-corrected chi connectivity index (χ4v) is 5.90. The summed E-state index contributed by atoms with van der Waals surface area (Å²) in [6, 6.07) is 2.23. The van der Waals surface area contributed by atoms with Crippen molar-refractivity contribution in [1.82, 2.24) is 19.9 Å². The van der Waals surface area contributed by atoms with Crippen LogP contribution in [0.25, 0.3) is 0 Å². The Morgan fingerprint density at radius 1 is 1.43 bits per heavy atom. The maximum atomic E-state index is 12.9. The van der Waals surface area contributed by atoms with Crippen molar-refractivity contribution in [2.75, 3.05) is 19.8 Å². The monoisotopic (exact) mass is 440 g/mol. The third-order valence-corrected chi connectivity index (χ3v) is 7.73. The first-order valence-electron chi connectivity index (χ1n) is 10.5. The van der Waals surface area contributed by atoms with E-state index < -0.39 is 12.0 Å². The number of likely N-dealkylation sites (tertiary alicyclic amines) is 1. The lowest BCUT2D eigenvalue weighted by Gasteiger charge is -2.46. The number of fused-ring (bicyclic) bond motifs is 2. The molecule has 4 rings (SSSR count). The lowest BCUT2D eigenvalue weighted by atomic mass is 9.82. The van der Waals surface area contributed by atoms with Gasteiger partial charge >= 0.3 is 0 Å². The van der Waals surface area contributed by atoms with E-state index >= 15 is 0 Å². The lowest BCUT2D eigenvalue weighted by Crippen LogP contribution is -2.50.